The molecule has 0 aromatic carbocycles. The molecule has 0 aliphatic carbocycles. The molecular formula is C15H20N2O3S. The van der Waals surface area contributed by atoms with E-state index in [4.69, 9.17) is 5.11 Å². The van der Waals surface area contributed by atoms with Gasteiger partial charge in [0.2, 0.25) is 5.91 Å². The van der Waals surface area contributed by atoms with Gasteiger partial charge in [0.25, 0.3) is 0 Å². The number of carbonyl (C=O) groups excluding carboxylic acids is 1. The van der Waals surface area contributed by atoms with Crippen molar-refractivity contribution in [2.45, 2.75) is 32.6 Å². The molecule has 1 amide bonds. The Morgan fingerprint density at radius 2 is 2.19 bits per heavy atom. The first-order chi connectivity index (χ1) is 9.77. The molecule has 1 aromatic heterocycles. The highest BCUT2D eigenvalue weighted by Crippen LogP contribution is 2.27. The lowest BCUT2D eigenvalue weighted by Gasteiger charge is -2.13. The second-order valence-electron chi connectivity index (χ2n) is 6.26. The zero-order valence-electron chi connectivity index (χ0n) is 12.5. The van der Waals surface area contributed by atoms with Gasteiger partial charge in [-0.2, -0.15) is 0 Å². The van der Waals surface area contributed by atoms with Gasteiger partial charge in [-0.1, -0.05) is 20.8 Å². The van der Waals surface area contributed by atoms with Gasteiger partial charge < -0.3 is 10.0 Å². The van der Waals surface area contributed by atoms with Crippen molar-refractivity contribution in [3.8, 4) is 0 Å². The van der Waals surface area contributed by atoms with Crippen LogP contribution in [0.4, 0.5) is 0 Å². The van der Waals surface area contributed by atoms with Crippen molar-refractivity contribution in [1.82, 2.24) is 9.88 Å². The lowest BCUT2D eigenvalue weighted by atomic mass is 9.98. The Kier molecular flexibility index (Phi) is 4.46. The SMILES string of the molecule is CC(C)(C)c1ncc(C=CC(=O)N2CCC(C(=O)O)C2)s1. The Morgan fingerprint density at radius 1 is 1.48 bits per heavy atom. The van der Waals surface area contributed by atoms with Crippen molar-refractivity contribution in [3.05, 3.63) is 22.2 Å². The molecule has 5 nitrogen and oxygen atoms in total. The minimum absolute atomic E-state index is 0.00439. The van der Waals surface area contributed by atoms with Crippen LogP contribution in [0, 0.1) is 5.92 Å². The van der Waals surface area contributed by atoms with Gasteiger partial charge in [0.05, 0.1) is 10.9 Å². The second kappa shape index (κ2) is 5.97. The van der Waals surface area contributed by atoms with E-state index < -0.39 is 11.9 Å². The van der Waals surface area contributed by atoms with Gasteiger partial charge >= 0.3 is 5.97 Å². The van der Waals surface area contributed by atoms with E-state index >= 15 is 0 Å². The smallest absolute Gasteiger partial charge is 0.308 e. The summed E-state index contributed by atoms with van der Waals surface area (Å²) < 4.78 is 0. The maximum atomic E-state index is 12.0. The van der Waals surface area contributed by atoms with E-state index in [9.17, 15) is 9.59 Å². The summed E-state index contributed by atoms with van der Waals surface area (Å²) in [7, 11) is 0. The molecular weight excluding hydrogens is 288 g/mol. The Labute approximate surface area is 128 Å². The molecule has 2 heterocycles. The predicted octanol–water partition coefficient (Wildman–Crippen LogP) is 2.39. The van der Waals surface area contributed by atoms with Crippen LogP contribution in [0.3, 0.4) is 0 Å². The fourth-order valence-electron chi connectivity index (χ4n) is 2.13. The van der Waals surface area contributed by atoms with E-state index in [0.29, 0.717) is 19.5 Å². The number of carboxylic acid groups (broad SMARTS) is 1. The highest BCUT2D eigenvalue weighted by atomic mass is 32.1. The Morgan fingerprint density at radius 3 is 2.71 bits per heavy atom. The molecule has 1 fully saturated rings. The molecule has 0 bridgehead atoms. The van der Waals surface area contributed by atoms with Gasteiger partial charge in [-0.25, -0.2) is 4.98 Å². The quantitative estimate of drug-likeness (QED) is 0.870. The Bertz CT molecular complexity index is 572. The zero-order chi connectivity index (χ0) is 15.6. The number of aromatic nitrogens is 1. The summed E-state index contributed by atoms with van der Waals surface area (Å²) in [5.74, 6) is -1.39. The highest BCUT2D eigenvalue weighted by molar-refractivity contribution is 7.12. The van der Waals surface area contributed by atoms with Crippen molar-refractivity contribution in [3.63, 3.8) is 0 Å². The first kappa shape index (κ1) is 15.7. The third kappa shape index (κ3) is 3.91. The third-order valence-electron chi connectivity index (χ3n) is 3.40. The molecule has 2 rings (SSSR count). The maximum Gasteiger partial charge on any atom is 0.308 e. The summed E-state index contributed by atoms with van der Waals surface area (Å²) in [5.41, 5.74) is 0.00439. The van der Waals surface area contributed by atoms with Crippen LogP contribution >= 0.6 is 11.3 Å². The molecule has 6 heteroatoms. The van der Waals surface area contributed by atoms with Crippen LogP contribution in [0.1, 0.15) is 37.1 Å². The Hall–Kier alpha value is -1.69. The average molecular weight is 308 g/mol. The highest BCUT2D eigenvalue weighted by Gasteiger charge is 2.29. The summed E-state index contributed by atoms with van der Waals surface area (Å²) >= 11 is 1.57. The summed E-state index contributed by atoms with van der Waals surface area (Å²) in [6.07, 6.45) is 5.55. The maximum absolute atomic E-state index is 12.0. The van der Waals surface area contributed by atoms with E-state index in [2.05, 4.69) is 25.8 Å². The van der Waals surface area contributed by atoms with Crippen molar-refractivity contribution >= 4 is 29.3 Å². The standard InChI is InChI=1S/C15H20N2O3S/c1-15(2,3)14-16-8-11(21-14)4-5-12(18)17-7-6-10(9-17)13(19)20/h4-5,8,10H,6-7,9H2,1-3H3,(H,19,20). The van der Waals surface area contributed by atoms with E-state index in [1.54, 1.807) is 28.5 Å². The zero-order valence-corrected chi connectivity index (χ0v) is 13.3. The first-order valence-corrected chi connectivity index (χ1v) is 7.75. The third-order valence-corrected chi connectivity index (χ3v) is 4.79. The van der Waals surface area contributed by atoms with Gasteiger partial charge in [-0.05, 0) is 12.5 Å². The summed E-state index contributed by atoms with van der Waals surface area (Å²) in [4.78, 5) is 29.8. The fourth-order valence-corrected chi connectivity index (χ4v) is 3.01. The number of carboxylic acids is 1. The number of likely N-dealkylation sites (tertiary alicyclic amines) is 1. The van der Waals surface area contributed by atoms with Crippen LogP contribution in [0.25, 0.3) is 6.08 Å². The molecule has 1 aromatic rings. The number of thiazole rings is 1. The molecule has 1 aliphatic rings. The Balaban J connectivity index is 1.97. The number of hydrogen-bond donors (Lipinski definition) is 1. The summed E-state index contributed by atoms with van der Waals surface area (Å²) in [5, 5.41) is 9.97. The number of rotatable bonds is 3. The lowest BCUT2D eigenvalue weighted by molar-refractivity contribution is -0.141. The predicted molar refractivity (Wildman–Crippen MR) is 82.2 cm³/mol. The van der Waals surface area contributed by atoms with Crippen molar-refractivity contribution in [2.24, 2.45) is 5.92 Å². The van der Waals surface area contributed by atoms with Crippen LogP contribution in [0.2, 0.25) is 0 Å². The summed E-state index contributed by atoms with van der Waals surface area (Å²) in [6.45, 7) is 7.10. The monoisotopic (exact) mass is 308 g/mol. The molecule has 1 saturated heterocycles. The van der Waals surface area contributed by atoms with Crippen LogP contribution in [-0.2, 0) is 15.0 Å². The van der Waals surface area contributed by atoms with E-state index in [-0.39, 0.29) is 11.3 Å². The van der Waals surface area contributed by atoms with Gasteiger partial charge in [-0.3, -0.25) is 9.59 Å². The minimum Gasteiger partial charge on any atom is -0.481 e. The molecule has 1 atom stereocenters. The van der Waals surface area contributed by atoms with E-state index in [1.807, 2.05) is 0 Å². The van der Waals surface area contributed by atoms with Gasteiger partial charge in [-0.15, -0.1) is 11.3 Å². The number of carbonyl (C=O) groups is 2. The van der Waals surface area contributed by atoms with E-state index in [1.165, 1.54) is 6.08 Å². The molecule has 114 valence electrons. The number of nitrogens with zero attached hydrogens (tertiary/aromatic N) is 2. The van der Waals surface area contributed by atoms with Gasteiger partial charge in [0.15, 0.2) is 0 Å². The van der Waals surface area contributed by atoms with Crippen LogP contribution in [0.15, 0.2) is 12.3 Å². The molecule has 1 aliphatic heterocycles. The van der Waals surface area contributed by atoms with Gasteiger partial charge in [0, 0.05) is 35.7 Å². The molecule has 21 heavy (non-hydrogen) atoms. The fraction of sp³-hybridized carbons (Fsp3) is 0.533. The number of aliphatic carboxylic acids is 1. The molecule has 0 spiro atoms. The molecule has 0 saturated carbocycles. The van der Waals surface area contributed by atoms with Gasteiger partial charge in [0.1, 0.15) is 0 Å². The molecule has 0 radical (unpaired) electrons. The minimum atomic E-state index is -0.827. The summed E-state index contributed by atoms with van der Waals surface area (Å²) in [6, 6.07) is 0. The number of amides is 1. The second-order valence-corrected chi connectivity index (χ2v) is 7.32. The average Bonchev–Trinajstić information content (AvgIpc) is 3.04. The molecule has 1 N–H and O–H groups in total. The van der Waals surface area contributed by atoms with Crippen LogP contribution in [-0.4, -0.2) is 40.0 Å². The van der Waals surface area contributed by atoms with Crippen molar-refractivity contribution in [1.29, 1.82) is 0 Å². The lowest BCUT2D eigenvalue weighted by Crippen LogP contribution is -2.28. The van der Waals surface area contributed by atoms with Crippen molar-refractivity contribution < 1.29 is 14.7 Å². The van der Waals surface area contributed by atoms with Crippen molar-refractivity contribution in [2.75, 3.05) is 13.1 Å². The first-order valence-electron chi connectivity index (χ1n) is 6.93. The largest absolute Gasteiger partial charge is 0.481 e. The van der Waals surface area contributed by atoms with Crippen LogP contribution in [0.5, 0.6) is 0 Å². The van der Waals surface area contributed by atoms with E-state index in [0.717, 1.165) is 9.88 Å². The topological polar surface area (TPSA) is 70.5 Å². The number of hydrogen-bond acceptors (Lipinski definition) is 4. The molecule has 1 unspecified atom stereocenters. The van der Waals surface area contributed by atoms with Crippen LogP contribution < -0.4 is 0 Å². The normalized spacial score (nSPS) is 19.4.